The number of anilines is 1. The fraction of sp³-hybridized carbons (Fsp3) is 0.222. The molecule has 0 saturated heterocycles. The summed E-state index contributed by atoms with van der Waals surface area (Å²) in [5.41, 5.74) is 1.76. The van der Waals surface area contributed by atoms with E-state index in [1.807, 2.05) is 19.1 Å². The Morgan fingerprint density at radius 2 is 1.62 bits per heavy atom. The molecule has 138 valence electrons. The van der Waals surface area contributed by atoms with Gasteiger partial charge >= 0.3 is 12.1 Å². The van der Waals surface area contributed by atoms with Crippen LogP contribution >= 0.6 is 0 Å². The van der Waals surface area contributed by atoms with Crippen molar-refractivity contribution < 1.29 is 27.5 Å². The van der Waals surface area contributed by atoms with Gasteiger partial charge in [0.25, 0.3) is 5.91 Å². The van der Waals surface area contributed by atoms with Crippen molar-refractivity contribution in [3.05, 3.63) is 59.7 Å². The van der Waals surface area contributed by atoms with Gasteiger partial charge in [-0.05, 0) is 36.8 Å². The van der Waals surface area contributed by atoms with Crippen LogP contribution in [-0.4, -0.2) is 24.6 Å². The van der Waals surface area contributed by atoms with Crippen LogP contribution in [0.15, 0.2) is 48.5 Å². The van der Waals surface area contributed by atoms with Crippen LogP contribution in [0.5, 0.6) is 5.75 Å². The van der Waals surface area contributed by atoms with Gasteiger partial charge in [-0.3, -0.25) is 9.59 Å². The van der Waals surface area contributed by atoms with E-state index >= 15 is 0 Å². The molecule has 0 atom stereocenters. The van der Waals surface area contributed by atoms with Crippen molar-refractivity contribution in [3.63, 3.8) is 0 Å². The first-order valence-corrected chi connectivity index (χ1v) is 7.67. The normalized spacial score (nSPS) is 10.9. The topological polar surface area (TPSA) is 67.4 Å². The summed E-state index contributed by atoms with van der Waals surface area (Å²) in [6, 6.07) is 12.9. The first-order chi connectivity index (χ1) is 12.2. The third-order valence-electron chi connectivity index (χ3n) is 3.35. The molecule has 2 N–H and O–H groups in total. The summed E-state index contributed by atoms with van der Waals surface area (Å²) in [6.45, 7) is 1.97. The standard InChI is InChI=1S/C18H17F3N2O3/c1-12-2-8-15(9-3-12)26-11-16(24)22-10-13-4-6-14(7-5-13)23-17(25)18(19,20)21/h2-9H,10-11H2,1H3,(H,22,24)(H,23,25). The van der Waals surface area contributed by atoms with Crippen LogP contribution in [0, 0.1) is 6.92 Å². The monoisotopic (exact) mass is 366 g/mol. The average molecular weight is 366 g/mol. The van der Waals surface area contributed by atoms with Gasteiger partial charge in [0.2, 0.25) is 0 Å². The highest BCUT2D eigenvalue weighted by atomic mass is 19.4. The Balaban J connectivity index is 1.77. The van der Waals surface area contributed by atoms with E-state index in [0.717, 1.165) is 5.56 Å². The highest BCUT2D eigenvalue weighted by Crippen LogP contribution is 2.18. The van der Waals surface area contributed by atoms with Crippen molar-refractivity contribution in [2.45, 2.75) is 19.6 Å². The molecule has 2 amide bonds. The van der Waals surface area contributed by atoms with Crippen molar-refractivity contribution in [3.8, 4) is 5.75 Å². The van der Waals surface area contributed by atoms with E-state index in [0.29, 0.717) is 11.3 Å². The zero-order chi connectivity index (χ0) is 19.2. The van der Waals surface area contributed by atoms with Crippen molar-refractivity contribution in [1.82, 2.24) is 5.32 Å². The maximum atomic E-state index is 12.2. The minimum atomic E-state index is -4.94. The van der Waals surface area contributed by atoms with E-state index in [4.69, 9.17) is 4.74 Å². The van der Waals surface area contributed by atoms with Crippen LogP contribution in [0.1, 0.15) is 11.1 Å². The lowest BCUT2D eigenvalue weighted by Gasteiger charge is -2.10. The van der Waals surface area contributed by atoms with E-state index in [9.17, 15) is 22.8 Å². The minimum absolute atomic E-state index is 0.0186. The zero-order valence-corrected chi connectivity index (χ0v) is 13.9. The van der Waals surface area contributed by atoms with Crippen LogP contribution < -0.4 is 15.4 Å². The van der Waals surface area contributed by atoms with E-state index in [1.165, 1.54) is 24.3 Å². The van der Waals surface area contributed by atoms with E-state index < -0.39 is 12.1 Å². The molecule has 8 heteroatoms. The summed E-state index contributed by atoms with van der Waals surface area (Å²) < 4.78 is 41.8. The van der Waals surface area contributed by atoms with Crippen LogP contribution in [-0.2, 0) is 16.1 Å². The summed E-state index contributed by atoms with van der Waals surface area (Å²) in [4.78, 5) is 22.6. The van der Waals surface area contributed by atoms with Gasteiger partial charge in [0.05, 0.1) is 0 Å². The lowest BCUT2D eigenvalue weighted by molar-refractivity contribution is -0.167. The molecule has 0 radical (unpaired) electrons. The van der Waals surface area contributed by atoms with Gasteiger partial charge < -0.3 is 15.4 Å². The number of benzene rings is 2. The lowest BCUT2D eigenvalue weighted by atomic mass is 10.2. The van der Waals surface area contributed by atoms with Crippen molar-refractivity contribution in [2.75, 3.05) is 11.9 Å². The molecule has 2 aromatic carbocycles. The third-order valence-corrected chi connectivity index (χ3v) is 3.35. The van der Waals surface area contributed by atoms with Gasteiger partial charge in [-0.25, -0.2) is 0 Å². The number of hydrogen-bond acceptors (Lipinski definition) is 3. The molecule has 2 rings (SSSR count). The number of aryl methyl sites for hydroxylation is 1. The Bertz CT molecular complexity index is 757. The van der Waals surface area contributed by atoms with Crippen molar-refractivity contribution in [1.29, 1.82) is 0 Å². The average Bonchev–Trinajstić information content (AvgIpc) is 2.60. The van der Waals surface area contributed by atoms with Gasteiger partial charge in [0, 0.05) is 12.2 Å². The van der Waals surface area contributed by atoms with Crippen LogP contribution in [0.25, 0.3) is 0 Å². The number of hydrogen-bond donors (Lipinski definition) is 2. The Hall–Kier alpha value is -3.03. The molecule has 0 aliphatic heterocycles. The molecule has 0 heterocycles. The van der Waals surface area contributed by atoms with E-state index in [-0.39, 0.29) is 24.7 Å². The molecule has 26 heavy (non-hydrogen) atoms. The maximum Gasteiger partial charge on any atom is 0.471 e. The molecule has 0 aromatic heterocycles. The fourth-order valence-electron chi connectivity index (χ4n) is 1.94. The van der Waals surface area contributed by atoms with Crippen molar-refractivity contribution >= 4 is 17.5 Å². The third kappa shape index (κ3) is 6.12. The molecule has 0 bridgehead atoms. The van der Waals surface area contributed by atoms with E-state index in [1.54, 1.807) is 17.4 Å². The molecule has 2 aromatic rings. The highest BCUT2D eigenvalue weighted by molar-refractivity contribution is 5.94. The first kappa shape index (κ1) is 19.3. The van der Waals surface area contributed by atoms with Crippen LogP contribution in [0.4, 0.5) is 18.9 Å². The maximum absolute atomic E-state index is 12.2. The van der Waals surface area contributed by atoms with Gasteiger partial charge in [-0.15, -0.1) is 0 Å². The van der Waals surface area contributed by atoms with Gasteiger partial charge in [-0.1, -0.05) is 29.8 Å². The summed E-state index contributed by atoms with van der Waals surface area (Å²) in [6.07, 6.45) is -4.94. The van der Waals surface area contributed by atoms with Gasteiger partial charge in [0.15, 0.2) is 6.61 Å². The summed E-state index contributed by atoms with van der Waals surface area (Å²) in [5.74, 6) is -1.79. The second-order valence-electron chi connectivity index (χ2n) is 5.53. The first-order valence-electron chi connectivity index (χ1n) is 7.67. The molecular formula is C18H17F3N2O3. The molecule has 0 fully saturated rings. The number of rotatable bonds is 6. The number of ether oxygens (including phenoxy) is 1. The Kier molecular flexibility index (Phi) is 6.21. The number of halogens is 3. The molecular weight excluding hydrogens is 349 g/mol. The number of amides is 2. The molecule has 0 aliphatic carbocycles. The summed E-state index contributed by atoms with van der Waals surface area (Å²) in [5, 5.41) is 4.38. The van der Waals surface area contributed by atoms with Crippen LogP contribution in [0.3, 0.4) is 0 Å². The predicted octanol–water partition coefficient (Wildman–Crippen LogP) is 3.19. The highest BCUT2D eigenvalue weighted by Gasteiger charge is 2.38. The van der Waals surface area contributed by atoms with Crippen LogP contribution in [0.2, 0.25) is 0 Å². The molecule has 0 unspecified atom stereocenters. The molecule has 0 saturated carbocycles. The smallest absolute Gasteiger partial charge is 0.471 e. The van der Waals surface area contributed by atoms with Gasteiger partial charge in [0.1, 0.15) is 5.75 Å². The van der Waals surface area contributed by atoms with E-state index in [2.05, 4.69) is 5.32 Å². The number of nitrogens with one attached hydrogen (secondary N) is 2. The predicted molar refractivity (Wildman–Crippen MR) is 89.6 cm³/mol. The second kappa shape index (κ2) is 8.37. The lowest BCUT2D eigenvalue weighted by Crippen LogP contribution is -2.30. The summed E-state index contributed by atoms with van der Waals surface area (Å²) >= 11 is 0. The van der Waals surface area contributed by atoms with Gasteiger partial charge in [-0.2, -0.15) is 13.2 Å². The van der Waals surface area contributed by atoms with Crippen molar-refractivity contribution in [2.24, 2.45) is 0 Å². The Labute approximate surface area is 148 Å². The Morgan fingerprint density at radius 1 is 1.00 bits per heavy atom. The molecule has 0 aliphatic rings. The second-order valence-corrected chi connectivity index (χ2v) is 5.53. The SMILES string of the molecule is Cc1ccc(OCC(=O)NCc2ccc(NC(=O)C(F)(F)F)cc2)cc1. The number of alkyl halides is 3. The summed E-state index contributed by atoms with van der Waals surface area (Å²) in [7, 11) is 0. The fourth-order valence-corrected chi connectivity index (χ4v) is 1.94. The zero-order valence-electron chi connectivity index (χ0n) is 13.9. The molecule has 0 spiro atoms. The number of carbonyl (C=O) groups excluding carboxylic acids is 2. The minimum Gasteiger partial charge on any atom is -0.484 e. The quantitative estimate of drug-likeness (QED) is 0.825. The largest absolute Gasteiger partial charge is 0.484 e. The molecule has 5 nitrogen and oxygen atoms in total. The number of carbonyl (C=O) groups is 2. The Morgan fingerprint density at radius 3 is 2.19 bits per heavy atom.